The van der Waals surface area contributed by atoms with Crippen molar-refractivity contribution in [1.29, 1.82) is 0 Å². The summed E-state index contributed by atoms with van der Waals surface area (Å²) in [7, 11) is 0. The van der Waals surface area contributed by atoms with Gasteiger partial charge in [-0.2, -0.15) is 0 Å². The first-order chi connectivity index (χ1) is 16.3. The molecule has 0 N–H and O–H groups in total. The zero-order chi connectivity index (χ0) is 22.3. The summed E-state index contributed by atoms with van der Waals surface area (Å²) < 4.78 is 6.08. The van der Waals surface area contributed by atoms with E-state index in [0.717, 1.165) is 63.6 Å². The molecule has 0 saturated carbocycles. The van der Waals surface area contributed by atoms with Crippen LogP contribution in [0.4, 0.5) is 5.69 Å². The van der Waals surface area contributed by atoms with Gasteiger partial charge in [0.25, 0.3) is 0 Å². The van der Waals surface area contributed by atoms with Crippen molar-refractivity contribution in [1.82, 2.24) is 14.8 Å². The number of ether oxygens (including phenoxy) is 1. The molecule has 2 fully saturated rings. The smallest absolute Gasteiger partial charge is 0.119 e. The molecule has 0 spiro atoms. The Labute approximate surface area is 198 Å². The lowest BCUT2D eigenvalue weighted by molar-refractivity contribution is 0.204. The quantitative estimate of drug-likeness (QED) is 0.466. The molecular weight excluding hydrogens is 408 g/mol. The fraction of sp³-hybridized carbons (Fsp3) is 0.464. The standard InChI is InChI=1S/C28H36N4O/c1-2-14-30(15-3-1)16-7-21-33-26-11-4-8-24(22-26)23-31-17-19-32(20-18-31)27-12-5-9-25-10-6-13-29-28(25)27/h4-6,8-13,22H,1-3,7,14-21,23H2. The second-order valence-corrected chi connectivity index (χ2v) is 9.37. The maximum absolute atomic E-state index is 6.08. The molecule has 2 aliphatic heterocycles. The number of hydrogen-bond acceptors (Lipinski definition) is 5. The van der Waals surface area contributed by atoms with Gasteiger partial charge < -0.3 is 14.5 Å². The minimum atomic E-state index is 0.803. The van der Waals surface area contributed by atoms with Crippen LogP contribution in [0, 0.1) is 0 Å². The third-order valence-corrected chi connectivity index (χ3v) is 6.97. The molecule has 2 aromatic carbocycles. The van der Waals surface area contributed by atoms with Crippen molar-refractivity contribution in [3.8, 4) is 5.75 Å². The van der Waals surface area contributed by atoms with Crippen LogP contribution in [0.2, 0.25) is 0 Å². The van der Waals surface area contributed by atoms with E-state index in [1.54, 1.807) is 0 Å². The lowest BCUT2D eigenvalue weighted by atomic mass is 10.1. The van der Waals surface area contributed by atoms with Gasteiger partial charge in [0.05, 0.1) is 17.8 Å². The van der Waals surface area contributed by atoms with E-state index in [-0.39, 0.29) is 0 Å². The summed E-state index contributed by atoms with van der Waals surface area (Å²) in [6, 6.07) is 19.3. The molecule has 0 amide bonds. The molecule has 174 valence electrons. The van der Waals surface area contributed by atoms with Crippen molar-refractivity contribution in [2.24, 2.45) is 0 Å². The summed E-state index contributed by atoms with van der Waals surface area (Å²) in [5.74, 6) is 1.01. The third-order valence-electron chi connectivity index (χ3n) is 6.97. The first-order valence-corrected chi connectivity index (χ1v) is 12.6. The van der Waals surface area contributed by atoms with Crippen LogP contribution in [0.1, 0.15) is 31.2 Å². The third kappa shape index (κ3) is 5.84. The van der Waals surface area contributed by atoms with Crippen LogP contribution in [0.3, 0.4) is 0 Å². The molecule has 33 heavy (non-hydrogen) atoms. The number of fused-ring (bicyclic) bond motifs is 1. The summed E-state index contributed by atoms with van der Waals surface area (Å²) in [5.41, 5.74) is 3.70. The zero-order valence-corrected chi connectivity index (χ0v) is 19.7. The summed E-state index contributed by atoms with van der Waals surface area (Å²) in [6.45, 7) is 9.65. The van der Waals surface area contributed by atoms with E-state index in [1.165, 1.54) is 49.0 Å². The molecule has 0 atom stereocenters. The lowest BCUT2D eigenvalue weighted by Crippen LogP contribution is -2.46. The Hall–Kier alpha value is -2.63. The number of benzene rings is 2. The van der Waals surface area contributed by atoms with Gasteiger partial charge in [0, 0.05) is 50.9 Å². The minimum Gasteiger partial charge on any atom is -0.494 e. The van der Waals surface area contributed by atoms with Gasteiger partial charge >= 0.3 is 0 Å². The van der Waals surface area contributed by atoms with Crippen molar-refractivity contribution < 1.29 is 4.74 Å². The second-order valence-electron chi connectivity index (χ2n) is 9.37. The number of anilines is 1. The van der Waals surface area contributed by atoms with Crippen LogP contribution in [0.15, 0.2) is 60.8 Å². The maximum Gasteiger partial charge on any atom is 0.119 e. The first-order valence-electron chi connectivity index (χ1n) is 12.6. The highest BCUT2D eigenvalue weighted by molar-refractivity contribution is 5.90. The van der Waals surface area contributed by atoms with Gasteiger partial charge in [0.15, 0.2) is 0 Å². The Morgan fingerprint density at radius 3 is 2.48 bits per heavy atom. The predicted molar refractivity (Wildman–Crippen MR) is 136 cm³/mol. The van der Waals surface area contributed by atoms with E-state index in [2.05, 4.69) is 68.2 Å². The second kappa shape index (κ2) is 11.0. The molecule has 0 unspecified atom stereocenters. The van der Waals surface area contributed by atoms with Gasteiger partial charge in [-0.1, -0.05) is 36.8 Å². The van der Waals surface area contributed by atoms with E-state index in [9.17, 15) is 0 Å². The fourth-order valence-corrected chi connectivity index (χ4v) is 5.14. The summed E-state index contributed by atoms with van der Waals surface area (Å²) in [5, 5.41) is 1.21. The van der Waals surface area contributed by atoms with Crippen molar-refractivity contribution in [3.63, 3.8) is 0 Å². The van der Waals surface area contributed by atoms with Gasteiger partial charge in [0.1, 0.15) is 5.75 Å². The molecule has 0 bridgehead atoms. The van der Waals surface area contributed by atoms with Crippen molar-refractivity contribution in [3.05, 3.63) is 66.4 Å². The lowest BCUT2D eigenvalue weighted by Gasteiger charge is -2.36. The number of aromatic nitrogens is 1. The van der Waals surface area contributed by atoms with Crippen LogP contribution in [-0.4, -0.2) is 67.2 Å². The van der Waals surface area contributed by atoms with Gasteiger partial charge in [0.2, 0.25) is 0 Å². The number of pyridine rings is 1. The molecule has 2 saturated heterocycles. The van der Waals surface area contributed by atoms with Crippen LogP contribution in [0.25, 0.3) is 10.9 Å². The average molecular weight is 445 g/mol. The van der Waals surface area contributed by atoms with E-state index < -0.39 is 0 Å². The Morgan fingerprint density at radius 2 is 1.61 bits per heavy atom. The Morgan fingerprint density at radius 1 is 0.788 bits per heavy atom. The molecule has 0 aliphatic carbocycles. The highest BCUT2D eigenvalue weighted by atomic mass is 16.5. The average Bonchev–Trinajstić information content (AvgIpc) is 2.88. The Kier molecular flexibility index (Phi) is 7.39. The molecule has 3 aromatic rings. The first kappa shape index (κ1) is 22.2. The number of para-hydroxylation sites is 1. The van der Waals surface area contributed by atoms with E-state index in [1.807, 2.05) is 12.3 Å². The number of rotatable bonds is 8. The Balaban J connectivity index is 1.10. The fourth-order valence-electron chi connectivity index (χ4n) is 5.14. The molecule has 5 nitrogen and oxygen atoms in total. The number of nitrogens with zero attached hydrogens (tertiary/aromatic N) is 4. The highest BCUT2D eigenvalue weighted by Gasteiger charge is 2.19. The number of hydrogen-bond donors (Lipinski definition) is 0. The minimum absolute atomic E-state index is 0.803. The van der Waals surface area contributed by atoms with E-state index >= 15 is 0 Å². The maximum atomic E-state index is 6.08. The van der Waals surface area contributed by atoms with Crippen LogP contribution >= 0.6 is 0 Å². The van der Waals surface area contributed by atoms with Crippen molar-refractivity contribution in [2.45, 2.75) is 32.2 Å². The van der Waals surface area contributed by atoms with E-state index in [4.69, 9.17) is 4.74 Å². The Bertz CT molecular complexity index is 1020. The highest BCUT2D eigenvalue weighted by Crippen LogP contribution is 2.26. The zero-order valence-electron chi connectivity index (χ0n) is 19.7. The molecule has 1 aromatic heterocycles. The van der Waals surface area contributed by atoms with E-state index in [0.29, 0.717) is 0 Å². The number of piperazine rings is 1. The number of piperidine rings is 1. The molecule has 2 aliphatic rings. The normalized spacial score (nSPS) is 18.0. The van der Waals surface area contributed by atoms with Gasteiger partial charge in [-0.25, -0.2) is 0 Å². The predicted octanol–water partition coefficient (Wildman–Crippen LogP) is 4.81. The summed E-state index contributed by atoms with van der Waals surface area (Å²) in [6.07, 6.45) is 7.11. The van der Waals surface area contributed by atoms with Crippen LogP contribution < -0.4 is 9.64 Å². The number of likely N-dealkylation sites (tertiary alicyclic amines) is 1. The van der Waals surface area contributed by atoms with Gasteiger partial charge in [-0.05, 0) is 62.2 Å². The largest absolute Gasteiger partial charge is 0.494 e. The summed E-state index contributed by atoms with van der Waals surface area (Å²) >= 11 is 0. The molecule has 5 heteroatoms. The summed E-state index contributed by atoms with van der Waals surface area (Å²) in [4.78, 5) is 12.2. The topological polar surface area (TPSA) is 31.8 Å². The molecule has 5 rings (SSSR count). The molecule has 3 heterocycles. The monoisotopic (exact) mass is 444 g/mol. The van der Waals surface area contributed by atoms with Gasteiger partial charge in [-0.15, -0.1) is 0 Å². The van der Waals surface area contributed by atoms with Crippen LogP contribution in [0.5, 0.6) is 5.75 Å². The van der Waals surface area contributed by atoms with Crippen molar-refractivity contribution in [2.75, 3.05) is 57.3 Å². The molecular formula is C28H36N4O. The molecule has 0 radical (unpaired) electrons. The van der Waals surface area contributed by atoms with Gasteiger partial charge in [-0.3, -0.25) is 9.88 Å². The van der Waals surface area contributed by atoms with Crippen LogP contribution in [-0.2, 0) is 6.54 Å². The van der Waals surface area contributed by atoms with Crippen molar-refractivity contribution >= 4 is 16.6 Å². The SMILES string of the molecule is c1cc(CN2CCN(c3cccc4cccnc34)CC2)cc(OCCCN2CCCCC2)c1.